The first-order valence-electron chi connectivity index (χ1n) is 7.79. The Balaban J connectivity index is 2.49. The molecular weight excluding hydrogens is 306 g/mol. The molecule has 2 unspecified atom stereocenters. The van der Waals surface area contributed by atoms with E-state index in [0.717, 1.165) is 0 Å². The van der Waals surface area contributed by atoms with E-state index in [0.29, 0.717) is 26.2 Å². The normalized spacial score (nSPS) is 20.2. The highest BCUT2D eigenvalue weighted by Gasteiger charge is 2.31. The van der Waals surface area contributed by atoms with Crippen molar-refractivity contribution in [2.45, 2.75) is 39.8 Å². The Hall–Kier alpha value is -0.700. The van der Waals surface area contributed by atoms with Gasteiger partial charge in [0.15, 0.2) is 0 Å². The Morgan fingerprint density at radius 2 is 1.68 bits per heavy atom. The number of ether oxygens (including phenoxy) is 1. The molecule has 1 aliphatic heterocycles. The van der Waals surface area contributed by atoms with Crippen LogP contribution in [-0.4, -0.2) is 74.2 Å². The highest BCUT2D eigenvalue weighted by molar-refractivity contribution is 7.89. The molecule has 0 aliphatic carbocycles. The number of nitrogens with zero attached hydrogens (tertiary/aromatic N) is 2. The number of nitrogens with two attached hydrogens (primary N) is 1. The minimum atomic E-state index is -3.32. The van der Waals surface area contributed by atoms with E-state index in [9.17, 15) is 13.2 Å². The molecule has 8 heteroatoms. The molecule has 1 rings (SSSR count). The molecule has 0 aromatic carbocycles. The second-order valence-electron chi connectivity index (χ2n) is 6.11. The number of hydrogen-bond acceptors (Lipinski definition) is 5. The molecule has 0 radical (unpaired) electrons. The van der Waals surface area contributed by atoms with E-state index in [2.05, 4.69) is 0 Å². The van der Waals surface area contributed by atoms with E-state index in [1.165, 1.54) is 4.31 Å². The Bertz CT molecular complexity index is 457. The predicted octanol–water partition coefficient (Wildman–Crippen LogP) is -0.131. The molecule has 130 valence electrons. The van der Waals surface area contributed by atoms with E-state index in [4.69, 9.17) is 10.5 Å². The summed E-state index contributed by atoms with van der Waals surface area (Å²) in [7, 11) is -3.32. The van der Waals surface area contributed by atoms with Crippen LogP contribution in [0, 0.1) is 5.92 Å². The molecule has 1 amide bonds. The second-order valence-corrected chi connectivity index (χ2v) is 8.20. The largest absolute Gasteiger partial charge is 0.378 e. The van der Waals surface area contributed by atoms with Crippen LogP contribution in [0.15, 0.2) is 0 Å². The van der Waals surface area contributed by atoms with Crippen molar-refractivity contribution >= 4 is 15.9 Å². The molecule has 0 spiro atoms. The SMILES string of the molecule is CC(C)OCCS(=O)(=O)N1CCN(C(=O)C(C)C(C)N)CC1. The van der Waals surface area contributed by atoms with Gasteiger partial charge in [-0.2, -0.15) is 4.31 Å². The average molecular weight is 335 g/mol. The molecule has 1 aliphatic rings. The van der Waals surface area contributed by atoms with Crippen LogP contribution in [0.2, 0.25) is 0 Å². The molecular formula is C14H29N3O4S. The minimum absolute atomic E-state index is 0.00445. The van der Waals surface area contributed by atoms with Gasteiger partial charge in [0.25, 0.3) is 0 Å². The van der Waals surface area contributed by atoms with Gasteiger partial charge in [0.2, 0.25) is 15.9 Å². The van der Waals surface area contributed by atoms with E-state index >= 15 is 0 Å². The Morgan fingerprint density at radius 1 is 1.14 bits per heavy atom. The van der Waals surface area contributed by atoms with Crippen molar-refractivity contribution in [3.63, 3.8) is 0 Å². The molecule has 1 saturated heterocycles. The first-order valence-corrected chi connectivity index (χ1v) is 9.40. The predicted molar refractivity (Wildman–Crippen MR) is 85.8 cm³/mol. The van der Waals surface area contributed by atoms with Crippen LogP contribution in [0.4, 0.5) is 0 Å². The zero-order valence-corrected chi connectivity index (χ0v) is 14.8. The summed E-state index contributed by atoms with van der Waals surface area (Å²) >= 11 is 0. The summed E-state index contributed by atoms with van der Waals surface area (Å²) < 4.78 is 31.2. The van der Waals surface area contributed by atoms with Crippen LogP contribution in [0.5, 0.6) is 0 Å². The van der Waals surface area contributed by atoms with Gasteiger partial charge in [-0.1, -0.05) is 6.92 Å². The van der Waals surface area contributed by atoms with E-state index in [1.807, 2.05) is 13.8 Å². The van der Waals surface area contributed by atoms with Crippen molar-refractivity contribution in [1.82, 2.24) is 9.21 Å². The van der Waals surface area contributed by atoms with Crippen molar-refractivity contribution in [2.24, 2.45) is 11.7 Å². The standard InChI is InChI=1S/C14H29N3O4S/c1-11(2)21-9-10-22(19,20)17-7-5-16(6-8-17)14(18)12(3)13(4)15/h11-13H,5-10,15H2,1-4H3. The van der Waals surface area contributed by atoms with Gasteiger partial charge >= 0.3 is 0 Å². The third-order valence-electron chi connectivity index (χ3n) is 3.91. The Kier molecular flexibility index (Phi) is 7.24. The van der Waals surface area contributed by atoms with Crippen LogP contribution < -0.4 is 5.73 Å². The van der Waals surface area contributed by atoms with Crippen molar-refractivity contribution < 1.29 is 17.9 Å². The average Bonchev–Trinajstić information content (AvgIpc) is 2.45. The van der Waals surface area contributed by atoms with Crippen molar-refractivity contribution in [3.05, 3.63) is 0 Å². The first kappa shape index (κ1) is 19.3. The summed E-state index contributed by atoms with van der Waals surface area (Å²) in [4.78, 5) is 13.9. The van der Waals surface area contributed by atoms with Crippen molar-refractivity contribution in [2.75, 3.05) is 38.5 Å². The lowest BCUT2D eigenvalue weighted by molar-refractivity contribution is -0.136. The number of carbonyl (C=O) groups excluding carboxylic acids is 1. The van der Waals surface area contributed by atoms with Crippen LogP contribution in [0.25, 0.3) is 0 Å². The summed E-state index contributed by atoms with van der Waals surface area (Å²) in [6.45, 7) is 9.05. The fourth-order valence-electron chi connectivity index (χ4n) is 2.22. The second kappa shape index (κ2) is 8.24. The fraction of sp³-hybridized carbons (Fsp3) is 0.929. The lowest BCUT2D eigenvalue weighted by Gasteiger charge is -2.35. The van der Waals surface area contributed by atoms with Gasteiger partial charge in [0.1, 0.15) is 0 Å². The molecule has 0 bridgehead atoms. The Morgan fingerprint density at radius 3 is 2.14 bits per heavy atom. The van der Waals surface area contributed by atoms with Crippen LogP contribution in [0.3, 0.4) is 0 Å². The molecule has 0 saturated carbocycles. The van der Waals surface area contributed by atoms with Gasteiger partial charge in [-0.05, 0) is 20.8 Å². The number of carbonyl (C=O) groups is 1. The minimum Gasteiger partial charge on any atom is -0.378 e. The maximum atomic E-state index is 12.2. The van der Waals surface area contributed by atoms with Crippen molar-refractivity contribution in [3.8, 4) is 0 Å². The smallest absolute Gasteiger partial charge is 0.227 e. The van der Waals surface area contributed by atoms with Gasteiger partial charge < -0.3 is 15.4 Å². The molecule has 1 heterocycles. The van der Waals surface area contributed by atoms with E-state index < -0.39 is 10.0 Å². The van der Waals surface area contributed by atoms with Crippen LogP contribution in [0.1, 0.15) is 27.7 Å². The summed E-state index contributed by atoms with van der Waals surface area (Å²) in [6, 6.07) is -0.206. The topological polar surface area (TPSA) is 92.9 Å². The number of piperazine rings is 1. The third-order valence-corrected chi connectivity index (χ3v) is 5.75. The number of amides is 1. The molecule has 2 N–H and O–H groups in total. The summed E-state index contributed by atoms with van der Waals surface area (Å²) in [6.07, 6.45) is 0.0180. The monoisotopic (exact) mass is 335 g/mol. The summed E-state index contributed by atoms with van der Waals surface area (Å²) in [5, 5.41) is 0. The fourth-order valence-corrected chi connectivity index (χ4v) is 3.50. The number of hydrogen-bond donors (Lipinski definition) is 1. The lowest BCUT2D eigenvalue weighted by atomic mass is 10.0. The number of rotatable bonds is 7. The maximum absolute atomic E-state index is 12.2. The summed E-state index contributed by atoms with van der Waals surface area (Å²) in [5.74, 6) is -0.271. The molecule has 0 aromatic heterocycles. The van der Waals surface area contributed by atoms with E-state index in [1.54, 1.807) is 18.7 Å². The zero-order valence-electron chi connectivity index (χ0n) is 14.0. The Labute approximate surface area is 133 Å². The molecule has 0 aromatic rings. The molecule has 1 fully saturated rings. The highest BCUT2D eigenvalue weighted by atomic mass is 32.2. The van der Waals surface area contributed by atoms with Gasteiger partial charge in [0.05, 0.1) is 24.4 Å². The summed E-state index contributed by atoms with van der Waals surface area (Å²) in [5.41, 5.74) is 5.75. The van der Waals surface area contributed by atoms with Gasteiger partial charge in [0, 0.05) is 32.2 Å². The molecule has 7 nitrogen and oxygen atoms in total. The van der Waals surface area contributed by atoms with Crippen molar-refractivity contribution in [1.29, 1.82) is 0 Å². The molecule has 22 heavy (non-hydrogen) atoms. The quantitative estimate of drug-likeness (QED) is 0.699. The maximum Gasteiger partial charge on any atom is 0.227 e. The first-order chi connectivity index (χ1) is 10.1. The van der Waals surface area contributed by atoms with E-state index in [-0.39, 0.29) is 36.3 Å². The van der Waals surface area contributed by atoms with Crippen LogP contribution in [-0.2, 0) is 19.6 Å². The number of sulfonamides is 1. The molecule has 2 atom stereocenters. The van der Waals surface area contributed by atoms with Gasteiger partial charge in [-0.25, -0.2) is 8.42 Å². The van der Waals surface area contributed by atoms with Crippen LogP contribution >= 0.6 is 0 Å². The zero-order chi connectivity index (χ0) is 16.9. The highest BCUT2D eigenvalue weighted by Crippen LogP contribution is 2.12. The van der Waals surface area contributed by atoms with Gasteiger partial charge in [-0.3, -0.25) is 4.79 Å². The third kappa shape index (κ3) is 5.49. The lowest BCUT2D eigenvalue weighted by Crippen LogP contribution is -2.53. The van der Waals surface area contributed by atoms with Gasteiger partial charge in [-0.15, -0.1) is 0 Å².